The number of aryl methyl sites for hydroxylation is 1. The van der Waals surface area contributed by atoms with E-state index in [0.717, 1.165) is 16.9 Å². The van der Waals surface area contributed by atoms with E-state index in [-0.39, 0.29) is 11.8 Å². The van der Waals surface area contributed by atoms with Crippen LogP contribution in [0.4, 0.5) is 5.13 Å². The molecule has 0 spiro atoms. The molecule has 0 aliphatic heterocycles. The lowest BCUT2D eigenvalue weighted by molar-refractivity contribution is -0.117. The van der Waals surface area contributed by atoms with E-state index in [1.165, 1.54) is 11.3 Å². The summed E-state index contributed by atoms with van der Waals surface area (Å²) in [6, 6.07) is 13.9. The lowest BCUT2D eigenvalue weighted by atomic mass is 10.1. The second-order valence-corrected chi connectivity index (χ2v) is 7.12. The molecule has 1 heterocycles. The van der Waals surface area contributed by atoms with Crippen LogP contribution < -0.4 is 15.4 Å². The monoisotopic (exact) mass is 396 g/mol. The number of methoxy groups -OCH3 is 1. The zero-order valence-electron chi connectivity index (χ0n) is 15.7. The van der Waals surface area contributed by atoms with Crippen LogP contribution in [-0.4, -0.2) is 35.2 Å². The standard InChI is InChI=1S/C20H20N4O3S/c1-12-6-4-5-7-16(12)18(26)21-13(2)17(25)22-20-24-23-19(28-20)14-8-10-15(27-3)11-9-14/h4-11,13H,1-3H3,(H,21,26)(H,22,24,25)/t13-/m1/s1. The average molecular weight is 396 g/mol. The van der Waals surface area contributed by atoms with E-state index in [9.17, 15) is 9.59 Å². The molecule has 0 aliphatic rings. The Morgan fingerprint density at radius 1 is 1.07 bits per heavy atom. The molecular formula is C20H20N4O3S. The number of carbonyl (C=O) groups excluding carboxylic acids is 2. The van der Waals surface area contributed by atoms with Crippen LogP contribution in [0.15, 0.2) is 48.5 Å². The first-order chi connectivity index (χ1) is 13.5. The molecule has 0 fully saturated rings. The van der Waals surface area contributed by atoms with Crippen molar-refractivity contribution >= 4 is 28.3 Å². The van der Waals surface area contributed by atoms with Crippen LogP contribution in [0.3, 0.4) is 0 Å². The number of aromatic nitrogens is 2. The van der Waals surface area contributed by atoms with Gasteiger partial charge in [0, 0.05) is 11.1 Å². The van der Waals surface area contributed by atoms with Crippen molar-refractivity contribution in [2.24, 2.45) is 0 Å². The first-order valence-corrected chi connectivity index (χ1v) is 9.45. The van der Waals surface area contributed by atoms with E-state index < -0.39 is 6.04 Å². The zero-order valence-corrected chi connectivity index (χ0v) is 16.5. The Labute approximate surface area is 166 Å². The van der Waals surface area contributed by atoms with E-state index >= 15 is 0 Å². The van der Waals surface area contributed by atoms with E-state index in [2.05, 4.69) is 20.8 Å². The predicted octanol–water partition coefficient (Wildman–Crippen LogP) is 3.28. The Morgan fingerprint density at radius 2 is 1.79 bits per heavy atom. The summed E-state index contributed by atoms with van der Waals surface area (Å²) in [5.74, 6) is 0.0938. The second-order valence-electron chi connectivity index (χ2n) is 6.14. The van der Waals surface area contributed by atoms with Crippen LogP contribution in [0.5, 0.6) is 5.75 Å². The predicted molar refractivity (Wildman–Crippen MR) is 109 cm³/mol. The van der Waals surface area contributed by atoms with E-state index in [1.54, 1.807) is 26.2 Å². The van der Waals surface area contributed by atoms with Gasteiger partial charge in [0.15, 0.2) is 0 Å². The molecule has 0 radical (unpaired) electrons. The number of benzene rings is 2. The first kappa shape index (κ1) is 19.5. The van der Waals surface area contributed by atoms with Gasteiger partial charge in [-0.1, -0.05) is 29.5 Å². The maximum Gasteiger partial charge on any atom is 0.252 e. The molecule has 0 saturated carbocycles. The van der Waals surface area contributed by atoms with Gasteiger partial charge in [0.05, 0.1) is 7.11 Å². The van der Waals surface area contributed by atoms with Gasteiger partial charge >= 0.3 is 0 Å². The topological polar surface area (TPSA) is 93.2 Å². The smallest absolute Gasteiger partial charge is 0.252 e. The van der Waals surface area contributed by atoms with Gasteiger partial charge < -0.3 is 10.1 Å². The molecule has 0 aliphatic carbocycles. The molecule has 1 atom stereocenters. The molecule has 7 nitrogen and oxygen atoms in total. The van der Waals surface area contributed by atoms with Gasteiger partial charge in [-0.25, -0.2) is 0 Å². The lowest BCUT2D eigenvalue weighted by Gasteiger charge is -2.13. The van der Waals surface area contributed by atoms with E-state index in [0.29, 0.717) is 15.7 Å². The molecule has 3 rings (SSSR count). The fraction of sp³-hybridized carbons (Fsp3) is 0.200. The maximum absolute atomic E-state index is 12.4. The summed E-state index contributed by atoms with van der Waals surface area (Å²) in [5, 5.41) is 14.5. The number of anilines is 1. The first-order valence-electron chi connectivity index (χ1n) is 8.63. The van der Waals surface area contributed by atoms with Crippen LogP contribution in [0.25, 0.3) is 10.6 Å². The highest BCUT2D eigenvalue weighted by atomic mass is 32.1. The van der Waals surface area contributed by atoms with Crippen molar-refractivity contribution in [1.29, 1.82) is 0 Å². The molecule has 2 aromatic carbocycles. The molecular weight excluding hydrogens is 376 g/mol. The number of ether oxygens (including phenoxy) is 1. The third-order valence-electron chi connectivity index (χ3n) is 4.12. The van der Waals surface area contributed by atoms with Crippen LogP contribution in [0.2, 0.25) is 0 Å². The quantitative estimate of drug-likeness (QED) is 0.667. The third kappa shape index (κ3) is 4.52. The number of carbonyl (C=O) groups is 2. The highest BCUT2D eigenvalue weighted by Crippen LogP contribution is 2.27. The number of hydrogen-bond donors (Lipinski definition) is 2. The van der Waals surface area contributed by atoms with Crippen molar-refractivity contribution < 1.29 is 14.3 Å². The molecule has 0 bridgehead atoms. The second kappa shape index (κ2) is 8.62. The maximum atomic E-state index is 12.4. The van der Waals surface area contributed by atoms with Gasteiger partial charge in [-0.3, -0.25) is 14.9 Å². The molecule has 2 N–H and O–H groups in total. The third-order valence-corrected chi connectivity index (χ3v) is 5.01. The molecule has 0 saturated heterocycles. The number of hydrogen-bond acceptors (Lipinski definition) is 6. The Bertz CT molecular complexity index is 985. The van der Waals surface area contributed by atoms with Crippen molar-refractivity contribution in [1.82, 2.24) is 15.5 Å². The number of rotatable bonds is 6. The number of nitrogens with one attached hydrogen (secondary N) is 2. The molecule has 144 valence electrons. The molecule has 1 aromatic heterocycles. The van der Waals surface area contributed by atoms with E-state index in [4.69, 9.17) is 4.74 Å². The minimum absolute atomic E-state index is 0.295. The number of amides is 2. The van der Waals surface area contributed by atoms with E-state index in [1.807, 2.05) is 43.3 Å². The summed E-state index contributed by atoms with van der Waals surface area (Å²) in [4.78, 5) is 24.7. The van der Waals surface area contributed by atoms with Gasteiger partial charge in [-0.05, 0) is 49.7 Å². The van der Waals surface area contributed by atoms with Gasteiger partial charge in [0.2, 0.25) is 11.0 Å². The van der Waals surface area contributed by atoms with Gasteiger partial charge in [0.25, 0.3) is 5.91 Å². The molecule has 2 amide bonds. The van der Waals surface area contributed by atoms with Crippen LogP contribution in [-0.2, 0) is 4.79 Å². The van der Waals surface area contributed by atoms with Gasteiger partial charge in [-0.2, -0.15) is 0 Å². The molecule has 8 heteroatoms. The minimum Gasteiger partial charge on any atom is -0.497 e. The fourth-order valence-electron chi connectivity index (χ4n) is 2.51. The van der Waals surface area contributed by atoms with Crippen molar-refractivity contribution in [3.8, 4) is 16.3 Å². The highest BCUT2D eigenvalue weighted by molar-refractivity contribution is 7.18. The van der Waals surface area contributed by atoms with Crippen molar-refractivity contribution in [2.45, 2.75) is 19.9 Å². The summed E-state index contributed by atoms with van der Waals surface area (Å²) in [5.41, 5.74) is 2.26. The molecule has 0 unspecified atom stereocenters. The van der Waals surface area contributed by atoms with Gasteiger partial charge in [-0.15, -0.1) is 10.2 Å². The van der Waals surface area contributed by atoms with Crippen LogP contribution >= 0.6 is 11.3 Å². The van der Waals surface area contributed by atoms with Crippen molar-refractivity contribution in [3.63, 3.8) is 0 Å². The lowest BCUT2D eigenvalue weighted by Crippen LogP contribution is -2.41. The fourth-order valence-corrected chi connectivity index (χ4v) is 3.26. The normalized spacial score (nSPS) is 11.5. The van der Waals surface area contributed by atoms with Crippen LogP contribution in [0.1, 0.15) is 22.8 Å². The number of nitrogens with zero attached hydrogens (tertiary/aromatic N) is 2. The summed E-state index contributed by atoms with van der Waals surface area (Å²) in [6.45, 7) is 3.47. The highest BCUT2D eigenvalue weighted by Gasteiger charge is 2.19. The average Bonchev–Trinajstić information content (AvgIpc) is 3.16. The van der Waals surface area contributed by atoms with Gasteiger partial charge in [0.1, 0.15) is 16.8 Å². The van der Waals surface area contributed by atoms with Crippen molar-refractivity contribution in [3.05, 3.63) is 59.7 Å². The summed E-state index contributed by atoms with van der Waals surface area (Å²) in [6.07, 6.45) is 0. The zero-order chi connectivity index (χ0) is 20.1. The summed E-state index contributed by atoms with van der Waals surface area (Å²) < 4.78 is 5.14. The molecule has 28 heavy (non-hydrogen) atoms. The Balaban J connectivity index is 1.62. The minimum atomic E-state index is -0.722. The largest absolute Gasteiger partial charge is 0.497 e. The Kier molecular flexibility index (Phi) is 6.00. The molecule has 3 aromatic rings. The Hall–Kier alpha value is -3.26. The van der Waals surface area contributed by atoms with Crippen LogP contribution in [0, 0.1) is 6.92 Å². The Morgan fingerprint density at radius 3 is 2.46 bits per heavy atom. The summed E-state index contributed by atoms with van der Waals surface area (Å²) in [7, 11) is 1.60. The summed E-state index contributed by atoms with van der Waals surface area (Å²) >= 11 is 1.26. The van der Waals surface area contributed by atoms with Crippen molar-refractivity contribution in [2.75, 3.05) is 12.4 Å². The SMILES string of the molecule is COc1ccc(-c2nnc(NC(=O)[C@@H](C)NC(=O)c3ccccc3C)s2)cc1.